The van der Waals surface area contributed by atoms with E-state index in [1.165, 1.54) is 18.8 Å². The second-order valence-corrected chi connectivity index (χ2v) is 9.28. The Morgan fingerprint density at radius 3 is 2.18 bits per heavy atom. The smallest absolute Gasteiger partial charge is 0.356 e. The number of ketones is 1. The van der Waals surface area contributed by atoms with Gasteiger partial charge in [0, 0.05) is 27.2 Å². The van der Waals surface area contributed by atoms with Crippen LogP contribution >= 0.6 is 11.6 Å². The van der Waals surface area contributed by atoms with Gasteiger partial charge in [-0.1, -0.05) is 65.7 Å². The number of aryl methyl sites for hydroxylation is 2. The molecule has 2 heterocycles. The summed E-state index contributed by atoms with van der Waals surface area (Å²) in [7, 11) is 2.40. The standard InChI is InChI=1S/C30H23ClN2O5/c1-16-9-12-18(13-10-16)27(34)24-23-20-7-5-6-8-22(20)32-28(23)33(19-14-11-17(2)21(31)15-19)26(30(36)38-4)25(24)29(35)37-3/h5-15H,1-4H3. The summed E-state index contributed by atoms with van der Waals surface area (Å²) < 4.78 is 11.8. The molecule has 0 saturated carbocycles. The lowest BCUT2D eigenvalue weighted by atomic mass is 9.90. The topological polar surface area (TPSA) is 87.5 Å². The number of hydrogen-bond donors (Lipinski definition) is 0. The SMILES string of the molecule is COC(=O)c1c(C(=O)c2ccc(C)cc2)c2c3ccccc3nc-2n(-c2ccc(C)c(Cl)c2)c1C(=O)OC. The minimum atomic E-state index is -0.861. The number of methoxy groups -OCH3 is 2. The Morgan fingerprint density at radius 1 is 0.842 bits per heavy atom. The molecule has 0 atom stereocenters. The molecule has 7 nitrogen and oxygen atoms in total. The van der Waals surface area contributed by atoms with Crippen LogP contribution in [0.4, 0.5) is 0 Å². The zero-order valence-electron chi connectivity index (χ0n) is 21.2. The first-order valence-corrected chi connectivity index (χ1v) is 12.2. The number of halogens is 1. The van der Waals surface area contributed by atoms with E-state index in [1.807, 2.05) is 44.2 Å². The number of esters is 2. The van der Waals surface area contributed by atoms with Crippen molar-refractivity contribution in [2.24, 2.45) is 0 Å². The fourth-order valence-electron chi connectivity index (χ4n) is 4.58. The highest BCUT2D eigenvalue weighted by Gasteiger charge is 2.37. The van der Waals surface area contributed by atoms with E-state index in [2.05, 4.69) is 0 Å². The Labute approximate surface area is 223 Å². The van der Waals surface area contributed by atoms with Gasteiger partial charge in [-0.05, 0) is 37.6 Å². The van der Waals surface area contributed by atoms with Gasteiger partial charge in [0.2, 0.25) is 0 Å². The summed E-state index contributed by atoms with van der Waals surface area (Å²) in [5.74, 6) is -1.85. The van der Waals surface area contributed by atoms with Crippen molar-refractivity contribution in [2.75, 3.05) is 14.2 Å². The average molecular weight is 527 g/mol. The fraction of sp³-hybridized carbons (Fsp3) is 0.133. The first-order chi connectivity index (χ1) is 18.3. The van der Waals surface area contributed by atoms with Crippen molar-refractivity contribution in [1.82, 2.24) is 9.55 Å². The molecule has 0 spiro atoms. The van der Waals surface area contributed by atoms with E-state index in [0.717, 1.165) is 11.1 Å². The second kappa shape index (κ2) is 9.76. The predicted octanol–water partition coefficient (Wildman–Crippen LogP) is 6.20. The second-order valence-electron chi connectivity index (χ2n) is 8.87. The number of ether oxygens (including phenoxy) is 2. The predicted molar refractivity (Wildman–Crippen MR) is 145 cm³/mol. The third-order valence-corrected chi connectivity index (χ3v) is 6.93. The van der Waals surface area contributed by atoms with Crippen molar-refractivity contribution in [3.8, 4) is 17.1 Å². The number of carbonyl (C=O) groups is 3. The summed E-state index contributed by atoms with van der Waals surface area (Å²) in [4.78, 5) is 45.8. The molecule has 0 aromatic heterocycles. The highest BCUT2D eigenvalue weighted by atomic mass is 35.5. The molecule has 0 aliphatic carbocycles. The van der Waals surface area contributed by atoms with Gasteiger partial charge in [0.1, 0.15) is 17.1 Å². The zero-order valence-corrected chi connectivity index (χ0v) is 21.9. The molecular formula is C30H23ClN2O5. The van der Waals surface area contributed by atoms with Gasteiger partial charge in [0.15, 0.2) is 5.78 Å². The molecular weight excluding hydrogens is 504 g/mol. The lowest BCUT2D eigenvalue weighted by Crippen LogP contribution is -2.26. The summed E-state index contributed by atoms with van der Waals surface area (Å²) in [6.07, 6.45) is 0. The largest absolute Gasteiger partial charge is 0.465 e. The maximum atomic E-state index is 14.1. The molecule has 0 N–H and O–H groups in total. The van der Waals surface area contributed by atoms with Crippen LogP contribution in [0, 0.1) is 13.8 Å². The Morgan fingerprint density at radius 2 is 1.53 bits per heavy atom. The van der Waals surface area contributed by atoms with E-state index < -0.39 is 17.7 Å². The van der Waals surface area contributed by atoms with Crippen molar-refractivity contribution in [3.63, 3.8) is 0 Å². The molecule has 0 saturated heterocycles. The van der Waals surface area contributed by atoms with Crippen LogP contribution in [0.15, 0.2) is 66.7 Å². The monoisotopic (exact) mass is 526 g/mol. The first kappa shape index (κ1) is 25.2. The summed E-state index contributed by atoms with van der Waals surface area (Å²) in [6, 6.07) is 19.5. The van der Waals surface area contributed by atoms with Crippen LogP contribution in [0.2, 0.25) is 5.02 Å². The molecule has 2 aliphatic heterocycles. The summed E-state index contributed by atoms with van der Waals surface area (Å²) >= 11 is 6.47. The fourth-order valence-corrected chi connectivity index (χ4v) is 4.76. The van der Waals surface area contributed by atoms with Crippen LogP contribution in [0.1, 0.15) is 47.9 Å². The van der Waals surface area contributed by atoms with Gasteiger partial charge in [-0.3, -0.25) is 9.36 Å². The van der Waals surface area contributed by atoms with Gasteiger partial charge in [-0.15, -0.1) is 0 Å². The number of nitrogens with zero attached hydrogens (tertiary/aromatic N) is 2. The third-order valence-electron chi connectivity index (χ3n) is 6.52. The van der Waals surface area contributed by atoms with Gasteiger partial charge in [-0.25, -0.2) is 14.6 Å². The molecule has 0 bridgehead atoms. The van der Waals surface area contributed by atoms with Crippen molar-refractivity contribution in [1.29, 1.82) is 0 Å². The lowest BCUT2D eigenvalue weighted by molar-refractivity contribution is 0.0545. The molecule has 190 valence electrons. The van der Waals surface area contributed by atoms with E-state index >= 15 is 0 Å². The minimum absolute atomic E-state index is 0.0132. The summed E-state index contributed by atoms with van der Waals surface area (Å²) in [5.41, 5.74) is 3.22. The molecule has 0 amide bonds. The van der Waals surface area contributed by atoms with Gasteiger partial charge in [0.05, 0.1) is 25.3 Å². The van der Waals surface area contributed by atoms with Gasteiger partial charge in [-0.2, -0.15) is 0 Å². The minimum Gasteiger partial charge on any atom is -0.465 e. The number of pyridine rings is 1. The molecule has 0 fully saturated rings. The van der Waals surface area contributed by atoms with E-state index in [9.17, 15) is 14.4 Å². The maximum Gasteiger partial charge on any atom is 0.356 e. The van der Waals surface area contributed by atoms with E-state index in [1.54, 1.807) is 36.4 Å². The number of para-hydroxylation sites is 1. The number of hydrogen-bond acceptors (Lipinski definition) is 6. The molecule has 3 aromatic rings. The average Bonchev–Trinajstić information content (AvgIpc) is 3.31. The molecule has 5 rings (SSSR count). The first-order valence-electron chi connectivity index (χ1n) is 11.8. The Hall–Kier alpha value is -4.49. The molecule has 2 aliphatic rings. The Kier molecular flexibility index (Phi) is 6.46. The Balaban J connectivity index is 2.03. The van der Waals surface area contributed by atoms with Crippen molar-refractivity contribution in [2.45, 2.75) is 13.8 Å². The highest BCUT2D eigenvalue weighted by Crippen LogP contribution is 2.41. The molecule has 8 heteroatoms. The van der Waals surface area contributed by atoms with Gasteiger partial charge in [0.25, 0.3) is 0 Å². The van der Waals surface area contributed by atoms with Crippen molar-refractivity contribution < 1.29 is 23.9 Å². The molecule has 0 radical (unpaired) electrons. The van der Waals surface area contributed by atoms with Crippen LogP contribution in [0.25, 0.3) is 28.0 Å². The third kappa shape index (κ3) is 4.01. The van der Waals surface area contributed by atoms with Gasteiger partial charge >= 0.3 is 11.9 Å². The van der Waals surface area contributed by atoms with Crippen molar-refractivity contribution >= 4 is 40.2 Å². The molecule has 3 aromatic carbocycles. The van der Waals surface area contributed by atoms with Crippen molar-refractivity contribution in [3.05, 3.63) is 105 Å². The number of carbonyl (C=O) groups excluding carboxylic acids is 3. The molecule has 38 heavy (non-hydrogen) atoms. The van der Waals surface area contributed by atoms with Crippen LogP contribution in [-0.2, 0) is 9.47 Å². The van der Waals surface area contributed by atoms with Crippen LogP contribution in [-0.4, -0.2) is 41.5 Å². The van der Waals surface area contributed by atoms with Crippen LogP contribution < -0.4 is 0 Å². The zero-order chi connectivity index (χ0) is 27.1. The normalized spacial score (nSPS) is 11.1. The lowest BCUT2D eigenvalue weighted by Gasteiger charge is -2.23. The maximum absolute atomic E-state index is 14.1. The number of benzene rings is 3. The number of aromatic nitrogens is 2. The number of rotatable bonds is 5. The quantitative estimate of drug-likeness (QED) is 0.200. The van der Waals surface area contributed by atoms with Gasteiger partial charge < -0.3 is 9.47 Å². The molecule has 0 unspecified atom stereocenters. The summed E-state index contributed by atoms with van der Waals surface area (Å²) in [6.45, 7) is 3.76. The highest BCUT2D eigenvalue weighted by molar-refractivity contribution is 6.31. The van der Waals surface area contributed by atoms with E-state index in [-0.39, 0.29) is 16.8 Å². The summed E-state index contributed by atoms with van der Waals surface area (Å²) in [5, 5.41) is 1.10. The van der Waals surface area contributed by atoms with E-state index in [4.69, 9.17) is 26.1 Å². The van der Waals surface area contributed by atoms with E-state index in [0.29, 0.717) is 38.6 Å². The Bertz CT molecular complexity index is 1720. The number of fused-ring (bicyclic) bond motifs is 3. The van der Waals surface area contributed by atoms with Crippen LogP contribution in [0.5, 0.6) is 0 Å². The van der Waals surface area contributed by atoms with Crippen LogP contribution in [0.3, 0.4) is 0 Å².